The van der Waals surface area contributed by atoms with Gasteiger partial charge in [-0.2, -0.15) is 0 Å². The molecule has 0 bridgehead atoms. The summed E-state index contributed by atoms with van der Waals surface area (Å²) in [5.74, 6) is 0.654. The zero-order valence-corrected chi connectivity index (χ0v) is 25.9. The predicted molar refractivity (Wildman–Crippen MR) is 165 cm³/mol. The molecule has 1 aromatic carbocycles. The standard InChI is InChI=1S/C32H50N4O8/c1-3-5-12-25-26(13-6-4-2)27(25)23-44-31(39)35-17-19-42-21-20-41-18-16-34-30(38)28(14-15-29(33)37)36-32(40)43-22-24-10-8-7-9-11-24/h3,7-11,25-28H,1,4-6,12-23H2,2H3,(H2,33,37)(H,34,38)(H,35,39)(H,36,40). The Labute approximate surface area is 260 Å². The van der Waals surface area contributed by atoms with Crippen molar-refractivity contribution in [1.29, 1.82) is 0 Å². The maximum Gasteiger partial charge on any atom is 0.408 e. The van der Waals surface area contributed by atoms with Crippen LogP contribution in [-0.2, 0) is 35.1 Å². The first kappa shape index (κ1) is 36.6. The number of benzene rings is 1. The Morgan fingerprint density at radius 2 is 1.59 bits per heavy atom. The van der Waals surface area contributed by atoms with Crippen molar-refractivity contribution >= 4 is 24.0 Å². The van der Waals surface area contributed by atoms with Gasteiger partial charge in [-0.25, -0.2) is 9.59 Å². The molecule has 1 aliphatic carbocycles. The molecule has 4 unspecified atom stereocenters. The summed E-state index contributed by atoms with van der Waals surface area (Å²) >= 11 is 0. The second-order valence-corrected chi connectivity index (χ2v) is 10.8. The zero-order chi connectivity index (χ0) is 32.0. The fraction of sp³-hybridized carbons (Fsp3) is 0.625. The van der Waals surface area contributed by atoms with Crippen molar-refractivity contribution in [2.45, 2.75) is 64.5 Å². The molecule has 1 aliphatic rings. The minimum absolute atomic E-state index is 0.0359. The van der Waals surface area contributed by atoms with Crippen LogP contribution in [0, 0.1) is 17.8 Å². The van der Waals surface area contributed by atoms with Crippen LogP contribution in [0.25, 0.3) is 0 Å². The number of allylic oxidation sites excluding steroid dienone is 1. The number of carbonyl (C=O) groups excluding carboxylic acids is 4. The monoisotopic (exact) mass is 618 g/mol. The van der Waals surface area contributed by atoms with Crippen molar-refractivity contribution < 1.29 is 38.1 Å². The molecule has 0 spiro atoms. The van der Waals surface area contributed by atoms with Gasteiger partial charge in [0.1, 0.15) is 12.6 Å². The van der Waals surface area contributed by atoms with Crippen LogP contribution < -0.4 is 21.7 Å². The quantitative estimate of drug-likeness (QED) is 0.101. The maximum absolute atomic E-state index is 12.6. The van der Waals surface area contributed by atoms with Gasteiger partial charge in [-0.05, 0) is 49.0 Å². The number of nitrogens with one attached hydrogen (secondary N) is 3. The fourth-order valence-electron chi connectivity index (χ4n) is 4.98. The highest BCUT2D eigenvalue weighted by Gasteiger charge is 2.48. The molecular formula is C32H50N4O8. The molecule has 5 N–H and O–H groups in total. The summed E-state index contributed by atoms with van der Waals surface area (Å²) in [6, 6.07) is 8.12. The zero-order valence-electron chi connectivity index (χ0n) is 25.9. The van der Waals surface area contributed by atoms with E-state index in [0.717, 1.165) is 18.4 Å². The highest BCUT2D eigenvalue weighted by molar-refractivity contribution is 5.86. The molecular weight excluding hydrogens is 568 g/mol. The molecule has 0 saturated heterocycles. The third kappa shape index (κ3) is 15.7. The Morgan fingerprint density at radius 1 is 0.909 bits per heavy atom. The minimum atomic E-state index is -0.987. The van der Waals surface area contributed by atoms with E-state index in [2.05, 4.69) is 29.5 Å². The lowest BCUT2D eigenvalue weighted by Gasteiger charge is -2.18. The van der Waals surface area contributed by atoms with Gasteiger partial charge >= 0.3 is 12.2 Å². The van der Waals surface area contributed by atoms with Crippen molar-refractivity contribution in [2.75, 3.05) is 46.1 Å². The summed E-state index contributed by atoms with van der Waals surface area (Å²) < 4.78 is 21.5. The van der Waals surface area contributed by atoms with Crippen LogP contribution in [0.4, 0.5) is 9.59 Å². The molecule has 44 heavy (non-hydrogen) atoms. The third-order valence-electron chi connectivity index (χ3n) is 7.45. The number of primary amides is 1. The molecule has 1 aromatic rings. The second-order valence-electron chi connectivity index (χ2n) is 10.8. The van der Waals surface area contributed by atoms with Gasteiger partial charge in [-0.3, -0.25) is 9.59 Å². The Balaban J connectivity index is 1.51. The van der Waals surface area contributed by atoms with Crippen LogP contribution in [0.1, 0.15) is 57.4 Å². The number of unbranched alkanes of at least 4 members (excludes halogenated alkanes) is 1. The molecule has 2 rings (SSSR count). The summed E-state index contributed by atoms with van der Waals surface area (Å²) in [6.07, 6.45) is 6.37. The van der Waals surface area contributed by atoms with Crippen LogP contribution in [0.3, 0.4) is 0 Å². The highest BCUT2D eigenvalue weighted by atomic mass is 16.6. The van der Waals surface area contributed by atoms with Crippen molar-refractivity contribution in [3.05, 3.63) is 48.6 Å². The van der Waals surface area contributed by atoms with Crippen LogP contribution in [0.2, 0.25) is 0 Å². The van der Waals surface area contributed by atoms with E-state index in [9.17, 15) is 19.2 Å². The average Bonchev–Trinajstić information content (AvgIpc) is 3.70. The maximum atomic E-state index is 12.6. The van der Waals surface area contributed by atoms with E-state index < -0.39 is 30.0 Å². The van der Waals surface area contributed by atoms with Crippen LogP contribution in [0.5, 0.6) is 0 Å². The highest BCUT2D eigenvalue weighted by Crippen LogP contribution is 2.52. The number of alkyl carbamates (subject to hydrolysis) is 2. The van der Waals surface area contributed by atoms with E-state index in [0.29, 0.717) is 50.7 Å². The normalized spacial score (nSPS) is 17.6. The molecule has 12 heteroatoms. The third-order valence-corrected chi connectivity index (χ3v) is 7.45. The molecule has 0 aromatic heterocycles. The Kier molecular flexibility index (Phi) is 18.2. The van der Waals surface area contributed by atoms with Crippen LogP contribution in [-0.4, -0.2) is 76.2 Å². The van der Waals surface area contributed by atoms with Gasteiger partial charge < -0.3 is 40.6 Å². The van der Waals surface area contributed by atoms with E-state index in [-0.39, 0.29) is 32.6 Å². The smallest absolute Gasteiger partial charge is 0.408 e. The van der Waals surface area contributed by atoms with Gasteiger partial charge in [0.2, 0.25) is 11.8 Å². The summed E-state index contributed by atoms with van der Waals surface area (Å²) in [4.78, 5) is 48.0. The van der Waals surface area contributed by atoms with Gasteiger partial charge in [0.15, 0.2) is 0 Å². The molecule has 246 valence electrons. The number of nitrogens with two attached hydrogens (primary N) is 1. The van der Waals surface area contributed by atoms with Crippen molar-refractivity contribution in [3.8, 4) is 0 Å². The van der Waals surface area contributed by atoms with E-state index in [1.807, 2.05) is 36.4 Å². The lowest BCUT2D eigenvalue weighted by atomic mass is 10.1. The van der Waals surface area contributed by atoms with E-state index >= 15 is 0 Å². The van der Waals surface area contributed by atoms with Gasteiger partial charge in [0.25, 0.3) is 0 Å². The van der Waals surface area contributed by atoms with Crippen LogP contribution >= 0.6 is 0 Å². The molecule has 1 saturated carbocycles. The lowest BCUT2D eigenvalue weighted by Crippen LogP contribution is -2.48. The van der Waals surface area contributed by atoms with Crippen LogP contribution in [0.15, 0.2) is 43.0 Å². The molecule has 0 aliphatic heterocycles. The number of hydrogen-bond donors (Lipinski definition) is 4. The molecule has 4 atom stereocenters. The molecule has 0 radical (unpaired) electrons. The minimum Gasteiger partial charge on any atom is -0.449 e. The topological polar surface area (TPSA) is 167 Å². The number of rotatable bonds is 24. The van der Waals surface area contributed by atoms with Crippen molar-refractivity contribution in [1.82, 2.24) is 16.0 Å². The van der Waals surface area contributed by atoms with Gasteiger partial charge in [0.05, 0.1) is 33.0 Å². The fourth-order valence-corrected chi connectivity index (χ4v) is 4.98. The molecule has 0 heterocycles. The second kappa shape index (κ2) is 22.0. The van der Waals surface area contributed by atoms with E-state index in [1.54, 1.807) is 0 Å². The Hall–Kier alpha value is -3.64. The number of amides is 4. The van der Waals surface area contributed by atoms with Crippen molar-refractivity contribution in [2.24, 2.45) is 23.5 Å². The summed E-state index contributed by atoms with van der Waals surface area (Å²) in [6.45, 7) is 8.14. The lowest BCUT2D eigenvalue weighted by molar-refractivity contribution is -0.123. The first-order valence-electron chi connectivity index (χ1n) is 15.6. The van der Waals surface area contributed by atoms with Crippen molar-refractivity contribution in [3.63, 3.8) is 0 Å². The Bertz CT molecular complexity index is 1010. The number of carbonyl (C=O) groups is 4. The van der Waals surface area contributed by atoms with Gasteiger partial charge in [-0.15, -0.1) is 6.58 Å². The van der Waals surface area contributed by atoms with E-state index in [4.69, 9.17) is 24.7 Å². The molecule has 12 nitrogen and oxygen atoms in total. The van der Waals surface area contributed by atoms with E-state index in [1.165, 1.54) is 19.3 Å². The van der Waals surface area contributed by atoms with Gasteiger partial charge in [-0.1, -0.05) is 56.2 Å². The van der Waals surface area contributed by atoms with Gasteiger partial charge in [0, 0.05) is 19.5 Å². The first-order valence-corrected chi connectivity index (χ1v) is 15.6. The summed E-state index contributed by atoms with van der Waals surface area (Å²) in [5, 5.41) is 7.85. The first-order chi connectivity index (χ1) is 21.3. The largest absolute Gasteiger partial charge is 0.449 e. The Morgan fingerprint density at radius 3 is 2.25 bits per heavy atom. The number of hydrogen-bond acceptors (Lipinski definition) is 8. The summed E-state index contributed by atoms with van der Waals surface area (Å²) in [5.41, 5.74) is 6.01. The molecule has 1 fully saturated rings. The number of ether oxygens (including phenoxy) is 4. The molecule has 4 amide bonds. The average molecular weight is 619 g/mol. The SMILES string of the molecule is C=CCCC1C(CCCC)C1COC(=O)NCCOCCOCCNC(=O)C(CCC(N)=O)NC(=O)OCc1ccccc1. The predicted octanol–water partition coefficient (Wildman–Crippen LogP) is 3.44. The summed E-state index contributed by atoms with van der Waals surface area (Å²) in [7, 11) is 0.